The van der Waals surface area contributed by atoms with E-state index in [1.54, 1.807) is 15.6 Å². The second-order valence-electron chi connectivity index (χ2n) is 5.73. The van der Waals surface area contributed by atoms with Gasteiger partial charge in [-0.1, -0.05) is 36.3 Å². The largest absolute Gasteiger partial charge is 0.325 e. The maximum absolute atomic E-state index is 5.64. The topological polar surface area (TPSA) is 60.6 Å². The molecule has 6 nitrogen and oxygen atoms in total. The van der Waals surface area contributed by atoms with Crippen molar-refractivity contribution in [3.63, 3.8) is 0 Å². The molecule has 0 aliphatic heterocycles. The number of hydrogen-bond acceptors (Lipinski definition) is 4. The van der Waals surface area contributed by atoms with E-state index in [2.05, 4.69) is 26.4 Å². The number of anilines is 2. The minimum absolute atomic E-state index is 0.659. The van der Waals surface area contributed by atoms with Gasteiger partial charge in [-0.3, -0.25) is 9.36 Å². The van der Waals surface area contributed by atoms with E-state index in [0.29, 0.717) is 5.82 Å². The van der Waals surface area contributed by atoms with E-state index in [1.165, 1.54) is 0 Å². The average Bonchev–Trinajstić information content (AvgIpc) is 3.19. The van der Waals surface area contributed by atoms with Crippen molar-refractivity contribution in [1.29, 1.82) is 0 Å². The molecule has 0 amide bonds. The van der Waals surface area contributed by atoms with E-state index in [4.69, 9.17) is 6.42 Å². The Morgan fingerprint density at radius 3 is 2.64 bits per heavy atom. The average molecular weight is 328 g/mol. The van der Waals surface area contributed by atoms with Gasteiger partial charge in [-0.25, -0.2) is 4.98 Å². The van der Waals surface area contributed by atoms with Crippen molar-refractivity contribution in [2.45, 2.75) is 0 Å². The van der Waals surface area contributed by atoms with E-state index in [0.717, 1.165) is 33.7 Å². The summed E-state index contributed by atoms with van der Waals surface area (Å²) < 4.78 is 3.49. The second kappa shape index (κ2) is 5.80. The highest BCUT2D eigenvalue weighted by Crippen LogP contribution is 2.25. The summed E-state index contributed by atoms with van der Waals surface area (Å²) in [6.07, 6.45) is 7.37. The predicted octanol–water partition coefficient (Wildman–Crippen LogP) is 3.09. The van der Waals surface area contributed by atoms with Gasteiger partial charge in [0, 0.05) is 31.3 Å². The normalized spacial score (nSPS) is 10.8. The maximum Gasteiger partial charge on any atom is 0.161 e. The number of terminal acetylenes is 1. The minimum Gasteiger partial charge on any atom is -0.325 e. The molecule has 0 radical (unpaired) electrons. The molecule has 0 saturated carbocycles. The smallest absolute Gasteiger partial charge is 0.161 e. The molecule has 0 unspecified atom stereocenters. The van der Waals surface area contributed by atoms with Crippen molar-refractivity contribution in [1.82, 2.24) is 24.5 Å². The fourth-order valence-electron chi connectivity index (χ4n) is 2.76. The van der Waals surface area contributed by atoms with Crippen LogP contribution in [0.25, 0.3) is 22.3 Å². The Balaban J connectivity index is 1.74. The van der Waals surface area contributed by atoms with E-state index >= 15 is 0 Å². The molecule has 0 aliphatic carbocycles. The Kier molecular flexibility index (Phi) is 3.47. The van der Waals surface area contributed by atoms with Crippen LogP contribution in [0.1, 0.15) is 5.56 Å². The molecule has 1 aromatic carbocycles. The molecule has 122 valence electrons. The molecule has 0 fully saturated rings. The highest BCUT2D eigenvalue weighted by molar-refractivity contribution is 5.84. The fraction of sp³-hybridized carbons (Fsp3) is 0.105. The first kappa shape index (κ1) is 15.0. The van der Waals surface area contributed by atoms with Gasteiger partial charge < -0.3 is 5.32 Å². The first-order valence-corrected chi connectivity index (χ1v) is 7.81. The van der Waals surface area contributed by atoms with Crippen LogP contribution in [0.2, 0.25) is 0 Å². The van der Waals surface area contributed by atoms with Crippen molar-refractivity contribution in [3.8, 4) is 23.6 Å². The molecule has 25 heavy (non-hydrogen) atoms. The lowest BCUT2D eigenvalue weighted by Gasteiger charge is -2.07. The number of rotatable bonds is 3. The summed E-state index contributed by atoms with van der Waals surface area (Å²) in [6, 6.07) is 13.9. The maximum atomic E-state index is 5.64. The van der Waals surface area contributed by atoms with Gasteiger partial charge in [0.05, 0.1) is 17.3 Å². The molecule has 0 saturated heterocycles. The van der Waals surface area contributed by atoms with Gasteiger partial charge >= 0.3 is 0 Å². The first-order valence-electron chi connectivity index (χ1n) is 7.81. The summed E-state index contributed by atoms with van der Waals surface area (Å²) in [6.45, 7) is 0. The molecule has 4 aromatic rings. The third kappa shape index (κ3) is 2.62. The molecule has 0 aliphatic rings. The number of aryl methyl sites for hydroxylation is 2. The molecule has 3 heterocycles. The molecule has 4 rings (SSSR count). The summed E-state index contributed by atoms with van der Waals surface area (Å²) in [5, 5.41) is 13.0. The summed E-state index contributed by atoms with van der Waals surface area (Å²) in [5.41, 5.74) is 3.45. The Hall–Kier alpha value is -3.59. The molecule has 6 heteroatoms. The van der Waals surface area contributed by atoms with Gasteiger partial charge in [0.2, 0.25) is 0 Å². The van der Waals surface area contributed by atoms with Crippen LogP contribution in [-0.2, 0) is 14.1 Å². The molecular formula is C19H16N6. The van der Waals surface area contributed by atoms with Crippen LogP contribution in [0.4, 0.5) is 11.6 Å². The zero-order chi connectivity index (χ0) is 17.4. The van der Waals surface area contributed by atoms with Crippen LogP contribution >= 0.6 is 0 Å². The Labute approximate surface area is 145 Å². The standard InChI is InChI=1S/C19H16N6/c1-4-13-10-17(22-19-15(13)12-20-25(19)3)21-18-11-16(23-24(18)2)14-8-6-5-7-9-14/h1,5-12H,2-3H3,(H,21,22). The number of fused-ring (bicyclic) bond motifs is 1. The zero-order valence-electron chi connectivity index (χ0n) is 13.9. The van der Waals surface area contributed by atoms with E-state index in [9.17, 15) is 0 Å². The number of hydrogen-bond donors (Lipinski definition) is 1. The van der Waals surface area contributed by atoms with Crippen molar-refractivity contribution in [2.24, 2.45) is 14.1 Å². The zero-order valence-corrected chi connectivity index (χ0v) is 13.9. The molecule has 3 aromatic heterocycles. The van der Waals surface area contributed by atoms with Crippen LogP contribution in [-0.4, -0.2) is 24.5 Å². The first-order chi connectivity index (χ1) is 12.2. The number of aromatic nitrogens is 5. The van der Waals surface area contributed by atoms with Gasteiger partial charge in [-0.15, -0.1) is 6.42 Å². The summed E-state index contributed by atoms with van der Waals surface area (Å²) in [5.74, 6) is 4.19. The Bertz CT molecular complexity index is 1100. The SMILES string of the molecule is C#Cc1cc(Nc2cc(-c3ccccc3)nn2C)nc2c1cnn2C. The molecule has 0 atom stereocenters. The van der Waals surface area contributed by atoms with Gasteiger partial charge in [-0.05, 0) is 6.07 Å². The summed E-state index contributed by atoms with van der Waals surface area (Å²) in [4.78, 5) is 4.61. The van der Waals surface area contributed by atoms with Crippen molar-refractivity contribution >= 4 is 22.7 Å². The molecule has 0 spiro atoms. The van der Waals surface area contributed by atoms with Crippen LogP contribution in [0.5, 0.6) is 0 Å². The van der Waals surface area contributed by atoms with Crippen LogP contribution < -0.4 is 5.32 Å². The molecule has 0 bridgehead atoms. The number of benzene rings is 1. The van der Waals surface area contributed by atoms with Crippen molar-refractivity contribution < 1.29 is 0 Å². The summed E-state index contributed by atoms with van der Waals surface area (Å²) >= 11 is 0. The van der Waals surface area contributed by atoms with Crippen molar-refractivity contribution in [3.05, 3.63) is 54.2 Å². The minimum atomic E-state index is 0.659. The predicted molar refractivity (Wildman–Crippen MR) is 98.4 cm³/mol. The second-order valence-corrected chi connectivity index (χ2v) is 5.73. The third-order valence-corrected chi connectivity index (χ3v) is 4.07. The van der Waals surface area contributed by atoms with Gasteiger partial charge in [0.15, 0.2) is 5.65 Å². The lowest BCUT2D eigenvalue weighted by Crippen LogP contribution is -2.02. The molecular weight excluding hydrogens is 312 g/mol. The quantitative estimate of drug-likeness (QED) is 0.587. The van der Waals surface area contributed by atoms with Gasteiger partial charge in [0.1, 0.15) is 11.6 Å². The van der Waals surface area contributed by atoms with E-state index in [-0.39, 0.29) is 0 Å². The lowest BCUT2D eigenvalue weighted by molar-refractivity contribution is 0.777. The summed E-state index contributed by atoms with van der Waals surface area (Å²) in [7, 11) is 3.73. The monoisotopic (exact) mass is 328 g/mol. The van der Waals surface area contributed by atoms with Gasteiger partial charge in [0.25, 0.3) is 0 Å². The van der Waals surface area contributed by atoms with Crippen LogP contribution in [0, 0.1) is 12.3 Å². The highest BCUT2D eigenvalue weighted by atomic mass is 15.3. The van der Waals surface area contributed by atoms with Crippen LogP contribution in [0.15, 0.2) is 48.7 Å². The van der Waals surface area contributed by atoms with Crippen molar-refractivity contribution in [2.75, 3.05) is 5.32 Å². The Morgan fingerprint density at radius 2 is 1.88 bits per heavy atom. The number of nitrogens with zero attached hydrogens (tertiary/aromatic N) is 5. The Morgan fingerprint density at radius 1 is 1.08 bits per heavy atom. The number of nitrogens with one attached hydrogen (secondary N) is 1. The molecule has 1 N–H and O–H groups in total. The van der Waals surface area contributed by atoms with Crippen LogP contribution in [0.3, 0.4) is 0 Å². The van der Waals surface area contributed by atoms with E-state index in [1.807, 2.05) is 56.6 Å². The highest BCUT2D eigenvalue weighted by Gasteiger charge is 2.11. The van der Waals surface area contributed by atoms with Gasteiger partial charge in [-0.2, -0.15) is 10.2 Å². The third-order valence-electron chi connectivity index (χ3n) is 4.07. The number of pyridine rings is 1. The lowest BCUT2D eigenvalue weighted by atomic mass is 10.1. The van der Waals surface area contributed by atoms with E-state index < -0.39 is 0 Å². The fourth-order valence-corrected chi connectivity index (χ4v) is 2.76.